The zero-order valence-electron chi connectivity index (χ0n) is 13.9. The highest BCUT2D eigenvalue weighted by atomic mass is 16.6. The molecule has 1 N–H and O–H groups in total. The molecule has 0 bridgehead atoms. The Labute approximate surface area is 132 Å². The first-order chi connectivity index (χ1) is 10.4. The number of nitrogens with zero attached hydrogens (tertiary/aromatic N) is 1. The highest BCUT2D eigenvalue weighted by Gasteiger charge is 2.35. The van der Waals surface area contributed by atoms with Gasteiger partial charge in [0.15, 0.2) is 0 Å². The van der Waals surface area contributed by atoms with E-state index in [4.69, 9.17) is 9.47 Å². The van der Waals surface area contributed by atoms with Gasteiger partial charge >= 0.3 is 6.09 Å². The fourth-order valence-electron chi connectivity index (χ4n) is 2.88. The zero-order chi connectivity index (χ0) is 16.2. The van der Waals surface area contributed by atoms with Crippen LogP contribution < -0.4 is 5.32 Å². The van der Waals surface area contributed by atoms with Crippen molar-refractivity contribution >= 4 is 12.0 Å². The summed E-state index contributed by atoms with van der Waals surface area (Å²) in [5, 5.41) is 2.93. The number of likely N-dealkylation sites (tertiary alicyclic amines) is 1. The summed E-state index contributed by atoms with van der Waals surface area (Å²) < 4.78 is 10.9. The SMILES string of the molecule is CC(C)(C)OC(=O)N1CCCC[C@H]1C(=O)NC[C@H]1CCCO1. The average molecular weight is 312 g/mol. The number of hydrogen-bond donors (Lipinski definition) is 1. The first-order valence-corrected chi connectivity index (χ1v) is 8.26. The normalized spacial score (nSPS) is 25.9. The summed E-state index contributed by atoms with van der Waals surface area (Å²) in [4.78, 5) is 26.3. The van der Waals surface area contributed by atoms with Crippen LogP contribution in [0.5, 0.6) is 0 Å². The van der Waals surface area contributed by atoms with Crippen molar-refractivity contribution < 1.29 is 19.1 Å². The van der Waals surface area contributed by atoms with Crippen molar-refractivity contribution in [2.24, 2.45) is 0 Å². The fraction of sp³-hybridized carbons (Fsp3) is 0.875. The zero-order valence-corrected chi connectivity index (χ0v) is 13.9. The molecule has 2 heterocycles. The van der Waals surface area contributed by atoms with Gasteiger partial charge in [-0.15, -0.1) is 0 Å². The van der Waals surface area contributed by atoms with Crippen LogP contribution in [0.1, 0.15) is 52.9 Å². The summed E-state index contributed by atoms with van der Waals surface area (Å²) in [6.07, 6.45) is 4.31. The van der Waals surface area contributed by atoms with Crippen molar-refractivity contribution in [1.82, 2.24) is 10.2 Å². The number of hydrogen-bond acceptors (Lipinski definition) is 4. The Balaban J connectivity index is 1.90. The summed E-state index contributed by atoms with van der Waals surface area (Å²) in [7, 11) is 0. The van der Waals surface area contributed by atoms with E-state index in [2.05, 4.69) is 5.32 Å². The molecule has 22 heavy (non-hydrogen) atoms. The van der Waals surface area contributed by atoms with Crippen LogP contribution in [0.3, 0.4) is 0 Å². The molecule has 6 nitrogen and oxygen atoms in total. The van der Waals surface area contributed by atoms with Crippen molar-refractivity contribution in [3.05, 3.63) is 0 Å². The molecule has 0 aliphatic carbocycles. The second-order valence-corrected chi connectivity index (χ2v) is 7.07. The molecule has 2 saturated heterocycles. The topological polar surface area (TPSA) is 67.9 Å². The lowest BCUT2D eigenvalue weighted by molar-refractivity contribution is -0.128. The third-order valence-corrected chi connectivity index (χ3v) is 3.96. The molecule has 0 unspecified atom stereocenters. The molecule has 2 fully saturated rings. The van der Waals surface area contributed by atoms with Gasteiger partial charge in [0.05, 0.1) is 6.10 Å². The van der Waals surface area contributed by atoms with E-state index in [1.165, 1.54) is 0 Å². The summed E-state index contributed by atoms with van der Waals surface area (Å²) in [5.41, 5.74) is -0.548. The van der Waals surface area contributed by atoms with Crippen molar-refractivity contribution in [3.8, 4) is 0 Å². The maximum atomic E-state index is 12.4. The van der Waals surface area contributed by atoms with Crippen LogP contribution in [0, 0.1) is 0 Å². The van der Waals surface area contributed by atoms with Crippen LogP contribution in [0.2, 0.25) is 0 Å². The van der Waals surface area contributed by atoms with E-state index in [9.17, 15) is 9.59 Å². The van der Waals surface area contributed by atoms with Crippen molar-refractivity contribution in [2.45, 2.75) is 70.6 Å². The van der Waals surface area contributed by atoms with Crippen molar-refractivity contribution in [1.29, 1.82) is 0 Å². The van der Waals surface area contributed by atoms with Gasteiger partial charge in [-0.05, 0) is 52.9 Å². The standard InChI is InChI=1S/C16H28N2O4/c1-16(2,3)22-15(20)18-9-5-4-8-13(18)14(19)17-11-12-7-6-10-21-12/h12-13H,4-11H2,1-3H3,(H,17,19)/t12-,13+/m1/s1. The van der Waals surface area contributed by atoms with Gasteiger partial charge in [0.25, 0.3) is 0 Å². The first kappa shape index (κ1) is 17.1. The van der Waals surface area contributed by atoms with Gasteiger partial charge in [-0.25, -0.2) is 4.79 Å². The monoisotopic (exact) mass is 312 g/mol. The maximum absolute atomic E-state index is 12.4. The number of ether oxygens (including phenoxy) is 2. The van der Waals surface area contributed by atoms with Crippen molar-refractivity contribution in [2.75, 3.05) is 19.7 Å². The Bertz CT molecular complexity index is 399. The molecule has 2 atom stereocenters. The highest BCUT2D eigenvalue weighted by Crippen LogP contribution is 2.21. The lowest BCUT2D eigenvalue weighted by Crippen LogP contribution is -2.53. The van der Waals surface area contributed by atoms with Gasteiger partial charge in [-0.3, -0.25) is 9.69 Å². The average Bonchev–Trinajstić information content (AvgIpc) is 2.96. The molecule has 0 aromatic rings. The van der Waals surface area contributed by atoms with E-state index < -0.39 is 17.7 Å². The summed E-state index contributed by atoms with van der Waals surface area (Å²) in [6, 6.07) is -0.426. The number of carbonyl (C=O) groups excluding carboxylic acids is 2. The number of rotatable bonds is 3. The van der Waals surface area contributed by atoms with Crippen LogP contribution >= 0.6 is 0 Å². The Hall–Kier alpha value is -1.30. The minimum absolute atomic E-state index is 0.0962. The molecular formula is C16H28N2O4. The first-order valence-electron chi connectivity index (χ1n) is 8.26. The predicted molar refractivity (Wildman–Crippen MR) is 82.6 cm³/mol. The molecule has 2 amide bonds. The van der Waals surface area contributed by atoms with E-state index in [-0.39, 0.29) is 12.0 Å². The van der Waals surface area contributed by atoms with Gasteiger partial charge in [-0.2, -0.15) is 0 Å². The minimum atomic E-state index is -0.548. The Morgan fingerprint density at radius 1 is 1.23 bits per heavy atom. The summed E-state index contributed by atoms with van der Waals surface area (Å²) in [6.45, 7) is 7.38. The second-order valence-electron chi connectivity index (χ2n) is 7.07. The highest BCUT2D eigenvalue weighted by molar-refractivity contribution is 5.85. The minimum Gasteiger partial charge on any atom is -0.444 e. The van der Waals surface area contributed by atoms with Crippen LogP contribution in [0.15, 0.2) is 0 Å². The van der Waals surface area contributed by atoms with E-state index >= 15 is 0 Å². The molecule has 0 spiro atoms. The lowest BCUT2D eigenvalue weighted by atomic mass is 10.0. The smallest absolute Gasteiger partial charge is 0.410 e. The predicted octanol–water partition coefficient (Wildman–Crippen LogP) is 2.07. The molecule has 6 heteroatoms. The van der Waals surface area contributed by atoms with Gasteiger partial charge in [0.1, 0.15) is 11.6 Å². The molecule has 2 rings (SSSR count). The van der Waals surface area contributed by atoms with E-state index in [0.717, 1.165) is 32.3 Å². The molecule has 0 aromatic carbocycles. The Morgan fingerprint density at radius 2 is 2.00 bits per heavy atom. The van der Waals surface area contributed by atoms with Crippen molar-refractivity contribution in [3.63, 3.8) is 0 Å². The Kier molecular flexibility index (Phi) is 5.67. The van der Waals surface area contributed by atoms with Crippen LogP contribution in [0.25, 0.3) is 0 Å². The summed E-state index contributed by atoms with van der Waals surface area (Å²) in [5.74, 6) is -0.0962. The molecule has 2 aliphatic rings. The van der Waals surface area contributed by atoms with Gasteiger partial charge in [0, 0.05) is 19.7 Å². The summed E-state index contributed by atoms with van der Waals surface area (Å²) >= 11 is 0. The molecule has 2 aliphatic heterocycles. The van der Waals surface area contributed by atoms with Crippen LogP contribution in [-0.2, 0) is 14.3 Å². The molecule has 0 saturated carbocycles. The second kappa shape index (κ2) is 7.31. The fourth-order valence-corrected chi connectivity index (χ4v) is 2.88. The van der Waals surface area contributed by atoms with E-state index in [1.807, 2.05) is 20.8 Å². The number of piperidine rings is 1. The third-order valence-electron chi connectivity index (χ3n) is 3.96. The van der Waals surface area contributed by atoms with E-state index in [0.29, 0.717) is 19.5 Å². The lowest BCUT2D eigenvalue weighted by Gasteiger charge is -2.35. The molecule has 126 valence electrons. The largest absolute Gasteiger partial charge is 0.444 e. The molecular weight excluding hydrogens is 284 g/mol. The number of amides is 2. The molecule has 0 aromatic heterocycles. The van der Waals surface area contributed by atoms with Gasteiger partial charge < -0.3 is 14.8 Å². The maximum Gasteiger partial charge on any atom is 0.410 e. The third kappa shape index (κ3) is 4.87. The van der Waals surface area contributed by atoms with E-state index in [1.54, 1.807) is 4.90 Å². The molecule has 0 radical (unpaired) electrons. The Morgan fingerprint density at radius 3 is 2.64 bits per heavy atom. The quantitative estimate of drug-likeness (QED) is 0.866. The van der Waals surface area contributed by atoms with Gasteiger partial charge in [0.2, 0.25) is 5.91 Å². The van der Waals surface area contributed by atoms with Crippen LogP contribution in [0.4, 0.5) is 4.79 Å². The number of nitrogens with one attached hydrogen (secondary N) is 1. The van der Waals surface area contributed by atoms with Crippen LogP contribution in [-0.4, -0.2) is 54.3 Å². The number of carbonyl (C=O) groups is 2. The van der Waals surface area contributed by atoms with Gasteiger partial charge in [-0.1, -0.05) is 0 Å².